The van der Waals surface area contributed by atoms with Crippen molar-refractivity contribution in [2.45, 2.75) is 37.1 Å². The summed E-state index contributed by atoms with van der Waals surface area (Å²) in [6.07, 6.45) is 2.59. The maximum absolute atomic E-state index is 13.3. The zero-order valence-corrected chi connectivity index (χ0v) is 19.4. The number of piperazine rings is 1. The normalized spacial score (nSPS) is 21.5. The van der Waals surface area contributed by atoms with Gasteiger partial charge in [-0.15, -0.1) is 0 Å². The summed E-state index contributed by atoms with van der Waals surface area (Å²) in [5.41, 5.74) is 3.27. The molecule has 2 fully saturated rings. The number of fused-ring (bicyclic) bond motifs is 1. The predicted octanol–water partition coefficient (Wildman–Crippen LogP) is 2.93. The number of amides is 1. The topological polar surface area (TPSA) is 73.0 Å². The number of rotatable bonds is 5. The molecule has 1 saturated heterocycles. The molecule has 3 aliphatic rings. The number of nitrogens with one attached hydrogen (secondary N) is 1. The van der Waals surface area contributed by atoms with Gasteiger partial charge in [0.25, 0.3) is 10.0 Å². The first-order valence-corrected chi connectivity index (χ1v) is 12.8. The second-order valence-corrected chi connectivity index (χ2v) is 10.9. The molecule has 2 aliphatic heterocycles. The van der Waals surface area contributed by atoms with Gasteiger partial charge in [0.2, 0.25) is 5.91 Å². The lowest BCUT2D eigenvalue weighted by Gasteiger charge is -2.35. The quantitative estimate of drug-likeness (QED) is 0.752. The minimum atomic E-state index is -3.76. The third kappa shape index (κ3) is 3.97. The van der Waals surface area contributed by atoms with E-state index in [0.29, 0.717) is 12.1 Å². The second-order valence-electron chi connectivity index (χ2n) is 9.24. The minimum Gasteiger partial charge on any atom is -0.367 e. The lowest BCUT2D eigenvalue weighted by molar-refractivity contribution is -0.120. The summed E-state index contributed by atoms with van der Waals surface area (Å²) in [4.78, 5) is 19.3. The van der Waals surface area contributed by atoms with Gasteiger partial charge in [0.05, 0.1) is 16.3 Å². The van der Waals surface area contributed by atoms with Gasteiger partial charge in [-0.05, 0) is 69.1 Å². The molecule has 2 aromatic rings. The van der Waals surface area contributed by atoms with Gasteiger partial charge in [-0.3, -0.25) is 9.52 Å². The maximum atomic E-state index is 13.3. The number of nitrogens with zero attached hydrogens (tertiary/aromatic N) is 3. The number of likely N-dealkylation sites (N-methyl/N-ethyl adjacent to an activating group) is 1. The summed E-state index contributed by atoms with van der Waals surface area (Å²) in [5.74, 6) is 0.311. The smallest absolute Gasteiger partial charge is 0.261 e. The van der Waals surface area contributed by atoms with Crippen LogP contribution < -0.4 is 14.5 Å². The standard InChI is InChI=1S/C24H30N4O3S/c1-17-15-19-16-20(9-10-22(19)28(17)24(29)18-7-8-18)32(30,31)25-21-5-3-4-6-23(21)27-13-11-26(2)12-14-27/h3-6,9-10,16-18,25H,7-8,11-15H2,1-2H3/t17-/m0/s1. The molecule has 7 nitrogen and oxygen atoms in total. The number of carbonyl (C=O) groups is 1. The number of carbonyl (C=O) groups excluding carboxylic acids is 1. The van der Waals surface area contributed by atoms with Gasteiger partial charge >= 0.3 is 0 Å². The summed E-state index contributed by atoms with van der Waals surface area (Å²) >= 11 is 0. The highest BCUT2D eigenvalue weighted by atomic mass is 32.2. The SMILES string of the molecule is C[C@H]1Cc2cc(S(=O)(=O)Nc3ccccc3N3CCN(C)CC3)ccc2N1C(=O)C1CC1. The molecule has 5 rings (SSSR count). The Morgan fingerprint density at radius 2 is 1.72 bits per heavy atom. The van der Waals surface area contributed by atoms with Crippen molar-refractivity contribution < 1.29 is 13.2 Å². The highest BCUT2D eigenvalue weighted by Gasteiger charge is 2.39. The van der Waals surface area contributed by atoms with Crippen LogP contribution in [0.5, 0.6) is 0 Å². The van der Waals surface area contributed by atoms with Crippen LogP contribution in [0.4, 0.5) is 17.1 Å². The monoisotopic (exact) mass is 454 g/mol. The van der Waals surface area contributed by atoms with Crippen LogP contribution in [-0.4, -0.2) is 58.5 Å². The van der Waals surface area contributed by atoms with E-state index in [-0.39, 0.29) is 22.8 Å². The van der Waals surface area contributed by atoms with E-state index in [1.54, 1.807) is 18.2 Å². The van der Waals surface area contributed by atoms with Crippen LogP contribution in [0.15, 0.2) is 47.4 Å². The number of anilines is 3. The van der Waals surface area contributed by atoms with E-state index in [1.807, 2.05) is 36.1 Å². The van der Waals surface area contributed by atoms with E-state index in [1.165, 1.54) is 0 Å². The molecule has 1 saturated carbocycles. The fourth-order valence-electron chi connectivity index (χ4n) is 4.72. The van der Waals surface area contributed by atoms with Crippen molar-refractivity contribution in [3.8, 4) is 0 Å². The van der Waals surface area contributed by atoms with Crippen molar-refractivity contribution in [2.24, 2.45) is 5.92 Å². The van der Waals surface area contributed by atoms with Crippen molar-refractivity contribution in [1.29, 1.82) is 0 Å². The van der Waals surface area contributed by atoms with E-state index in [9.17, 15) is 13.2 Å². The molecule has 1 N–H and O–H groups in total. The molecule has 0 bridgehead atoms. The van der Waals surface area contributed by atoms with Crippen LogP contribution in [0.25, 0.3) is 0 Å². The molecule has 2 aromatic carbocycles. The van der Waals surface area contributed by atoms with Crippen LogP contribution in [-0.2, 0) is 21.2 Å². The van der Waals surface area contributed by atoms with Gasteiger partial charge in [0, 0.05) is 43.8 Å². The highest BCUT2D eigenvalue weighted by molar-refractivity contribution is 7.92. The number of para-hydroxylation sites is 2. The van der Waals surface area contributed by atoms with E-state index in [2.05, 4.69) is 21.6 Å². The lowest BCUT2D eigenvalue weighted by atomic mass is 10.1. The lowest BCUT2D eigenvalue weighted by Crippen LogP contribution is -2.44. The Morgan fingerprint density at radius 1 is 1.00 bits per heavy atom. The van der Waals surface area contributed by atoms with Crippen LogP contribution in [0.3, 0.4) is 0 Å². The Balaban J connectivity index is 1.40. The summed E-state index contributed by atoms with van der Waals surface area (Å²) in [6.45, 7) is 5.63. The summed E-state index contributed by atoms with van der Waals surface area (Å²) < 4.78 is 29.4. The summed E-state index contributed by atoms with van der Waals surface area (Å²) in [5, 5.41) is 0. The number of hydrogen-bond acceptors (Lipinski definition) is 5. The van der Waals surface area contributed by atoms with Gasteiger partial charge in [0.1, 0.15) is 0 Å². The Labute approximate surface area is 190 Å². The zero-order chi connectivity index (χ0) is 22.5. The van der Waals surface area contributed by atoms with E-state index in [0.717, 1.165) is 56.0 Å². The van der Waals surface area contributed by atoms with Crippen LogP contribution >= 0.6 is 0 Å². The van der Waals surface area contributed by atoms with Gasteiger partial charge in [-0.25, -0.2) is 8.42 Å². The number of hydrogen-bond donors (Lipinski definition) is 1. The minimum absolute atomic E-state index is 0.0574. The van der Waals surface area contributed by atoms with Crippen LogP contribution in [0.1, 0.15) is 25.3 Å². The van der Waals surface area contributed by atoms with Crippen molar-refractivity contribution in [2.75, 3.05) is 47.7 Å². The third-order valence-corrected chi connectivity index (χ3v) is 8.10. The molecular formula is C24H30N4O3S. The molecule has 1 atom stereocenters. The average molecular weight is 455 g/mol. The summed E-state index contributed by atoms with van der Waals surface area (Å²) in [6, 6.07) is 12.8. The van der Waals surface area contributed by atoms with Crippen LogP contribution in [0.2, 0.25) is 0 Å². The Bertz CT molecular complexity index is 1140. The largest absolute Gasteiger partial charge is 0.367 e. The number of sulfonamides is 1. The van der Waals surface area contributed by atoms with Crippen molar-refractivity contribution in [1.82, 2.24) is 4.90 Å². The van der Waals surface area contributed by atoms with E-state index < -0.39 is 10.0 Å². The predicted molar refractivity (Wildman–Crippen MR) is 127 cm³/mol. The molecule has 1 aliphatic carbocycles. The molecule has 0 aromatic heterocycles. The fourth-order valence-corrected chi connectivity index (χ4v) is 5.85. The first kappa shape index (κ1) is 21.3. The Morgan fingerprint density at radius 3 is 2.44 bits per heavy atom. The Kier molecular flexibility index (Phi) is 5.37. The van der Waals surface area contributed by atoms with Crippen LogP contribution in [0, 0.1) is 5.92 Å². The molecule has 170 valence electrons. The van der Waals surface area contributed by atoms with Gasteiger partial charge in [-0.1, -0.05) is 12.1 Å². The first-order chi connectivity index (χ1) is 15.3. The van der Waals surface area contributed by atoms with Gasteiger partial charge in [-0.2, -0.15) is 0 Å². The molecule has 8 heteroatoms. The zero-order valence-electron chi connectivity index (χ0n) is 18.6. The average Bonchev–Trinajstić information content (AvgIpc) is 3.56. The fraction of sp³-hybridized carbons (Fsp3) is 0.458. The third-order valence-electron chi connectivity index (χ3n) is 6.73. The van der Waals surface area contributed by atoms with Crippen molar-refractivity contribution in [3.05, 3.63) is 48.0 Å². The van der Waals surface area contributed by atoms with Crippen molar-refractivity contribution in [3.63, 3.8) is 0 Å². The second kappa shape index (κ2) is 8.08. The van der Waals surface area contributed by atoms with E-state index >= 15 is 0 Å². The van der Waals surface area contributed by atoms with Gasteiger partial charge in [0.15, 0.2) is 0 Å². The summed E-state index contributed by atoms with van der Waals surface area (Å²) in [7, 11) is -1.66. The molecule has 0 unspecified atom stereocenters. The Hall–Kier alpha value is -2.58. The first-order valence-electron chi connectivity index (χ1n) is 11.3. The van der Waals surface area contributed by atoms with Crippen molar-refractivity contribution >= 4 is 33.0 Å². The molecule has 2 heterocycles. The maximum Gasteiger partial charge on any atom is 0.261 e. The molecular weight excluding hydrogens is 424 g/mol. The molecule has 1 amide bonds. The molecule has 32 heavy (non-hydrogen) atoms. The highest BCUT2D eigenvalue weighted by Crippen LogP contribution is 2.40. The van der Waals surface area contributed by atoms with E-state index in [4.69, 9.17) is 0 Å². The molecule has 0 radical (unpaired) electrons. The van der Waals surface area contributed by atoms with Gasteiger partial charge < -0.3 is 14.7 Å². The number of benzene rings is 2. The molecule has 0 spiro atoms.